The van der Waals surface area contributed by atoms with Crippen LogP contribution in [-0.2, 0) is 0 Å². The van der Waals surface area contributed by atoms with Crippen molar-refractivity contribution in [1.82, 2.24) is 5.32 Å². The largest absolute Gasteiger partial charge is 0.396 e. The molecule has 0 bridgehead atoms. The Kier molecular flexibility index (Phi) is 4.48. The molecule has 0 aliphatic heterocycles. The summed E-state index contributed by atoms with van der Waals surface area (Å²) in [7, 11) is 0. The normalized spacial score (nSPS) is 28.4. The van der Waals surface area contributed by atoms with E-state index in [4.69, 9.17) is 5.11 Å². The van der Waals surface area contributed by atoms with Gasteiger partial charge in [-0.3, -0.25) is 0 Å². The zero-order valence-electron chi connectivity index (χ0n) is 11.5. The van der Waals surface area contributed by atoms with Gasteiger partial charge in [-0.15, -0.1) is 0 Å². The van der Waals surface area contributed by atoms with Crippen molar-refractivity contribution in [3.8, 4) is 0 Å². The maximum atomic E-state index is 9.16. The van der Waals surface area contributed by atoms with Crippen molar-refractivity contribution < 1.29 is 5.11 Å². The van der Waals surface area contributed by atoms with Crippen molar-refractivity contribution in [3.05, 3.63) is 0 Å². The predicted molar refractivity (Wildman–Crippen MR) is 72.0 cm³/mol. The minimum absolute atomic E-state index is 0.296. The third-order valence-electron chi connectivity index (χ3n) is 5.35. The second-order valence-electron chi connectivity index (χ2n) is 6.60. The molecule has 2 nitrogen and oxygen atoms in total. The highest BCUT2D eigenvalue weighted by atomic mass is 16.3. The third-order valence-corrected chi connectivity index (χ3v) is 5.35. The van der Waals surface area contributed by atoms with Crippen LogP contribution in [-0.4, -0.2) is 23.8 Å². The van der Waals surface area contributed by atoms with Gasteiger partial charge in [-0.25, -0.2) is 0 Å². The van der Waals surface area contributed by atoms with Crippen molar-refractivity contribution in [3.63, 3.8) is 0 Å². The molecule has 100 valence electrons. The summed E-state index contributed by atoms with van der Waals surface area (Å²) >= 11 is 0. The van der Waals surface area contributed by atoms with Crippen molar-refractivity contribution in [2.24, 2.45) is 11.3 Å². The van der Waals surface area contributed by atoms with Crippen LogP contribution in [0.25, 0.3) is 0 Å². The smallest absolute Gasteiger partial charge is 0.0471 e. The average Bonchev–Trinajstić information content (AvgIpc) is 2.80. The summed E-state index contributed by atoms with van der Waals surface area (Å²) in [6.07, 6.45) is 11.5. The van der Waals surface area contributed by atoms with Gasteiger partial charge in [-0.1, -0.05) is 19.8 Å². The van der Waals surface area contributed by atoms with E-state index in [1.165, 1.54) is 51.4 Å². The summed E-state index contributed by atoms with van der Waals surface area (Å²) < 4.78 is 0. The van der Waals surface area contributed by atoms with Crippen LogP contribution in [0.1, 0.15) is 65.2 Å². The van der Waals surface area contributed by atoms with E-state index in [1.54, 1.807) is 0 Å². The van der Waals surface area contributed by atoms with Crippen LogP contribution in [0.4, 0.5) is 0 Å². The van der Waals surface area contributed by atoms with Crippen molar-refractivity contribution >= 4 is 0 Å². The van der Waals surface area contributed by atoms with Gasteiger partial charge in [0.2, 0.25) is 0 Å². The summed E-state index contributed by atoms with van der Waals surface area (Å²) in [5, 5.41) is 12.9. The van der Waals surface area contributed by atoms with Gasteiger partial charge in [0.15, 0.2) is 0 Å². The van der Waals surface area contributed by atoms with Crippen LogP contribution < -0.4 is 5.32 Å². The summed E-state index contributed by atoms with van der Waals surface area (Å²) in [6.45, 7) is 4.63. The summed E-state index contributed by atoms with van der Waals surface area (Å²) in [6, 6.07) is 1.15. The Balaban J connectivity index is 1.75. The second-order valence-corrected chi connectivity index (χ2v) is 6.60. The van der Waals surface area contributed by atoms with Crippen LogP contribution in [0.5, 0.6) is 0 Å². The molecule has 2 aliphatic carbocycles. The monoisotopic (exact) mass is 239 g/mol. The molecule has 1 spiro atoms. The zero-order chi connectivity index (χ0) is 12.3. The fourth-order valence-corrected chi connectivity index (χ4v) is 3.72. The topological polar surface area (TPSA) is 32.3 Å². The van der Waals surface area contributed by atoms with E-state index in [2.05, 4.69) is 19.2 Å². The Bertz CT molecular complexity index is 225. The lowest BCUT2D eigenvalue weighted by molar-refractivity contribution is 0.147. The fraction of sp³-hybridized carbons (Fsp3) is 1.00. The number of aliphatic hydroxyl groups is 1. The average molecular weight is 239 g/mol. The molecular formula is C15H29NO. The molecular weight excluding hydrogens is 210 g/mol. The molecule has 17 heavy (non-hydrogen) atoms. The number of hydrogen-bond acceptors (Lipinski definition) is 2. The highest BCUT2D eigenvalue weighted by molar-refractivity contribution is 4.92. The Morgan fingerprint density at radius 3 is 2.24 bits per heavy atom. The molecule has 2 atom stereocenters. The standard InChI is InChI=1S/C15H29NO/c1-12(11-17)13(2)16-14-5-9-15(10-6-14)7-3-4-8-15/h12-14,16-17H,3-11H2,1-2H3. The lowest BCUT2D eigenvalue weighted by Crippen LogP contribution is -2.44. The van der Waals surface area contributed by atoms with E-state index in [0.717, 1.165) is 5.41 Å². The van der Waals surface area contributed by atoms with E-state index in [9.17, 15) is 0 Å². The molecule has 2 fully saturated rings. The quantitative estimate of drug-likeness (QED) is 0.790. The molecule has 2 heteroatoms. The molecule has 2 N–H and O–H groups in total. The highest BCUT2D eigenvalue weighted by Crippen LogP contribution is 2.48. The van der Waals surface area contributed by atoms with Crippen LogP contribution in [0.3, 0.4) is 0 Å². The number of nitrogens with one attached hydrogen (secondary N) is 1. The van der Waals surface area contributed by atoms with Crippen LogP contribution in [0.15, 0.2) is 0 Å². The minimum Gasteiger partial charge on any atom is -0.396 e. The van der Waals surface area contributed by atoms with Crippen LogP contribution in [0, 0.1) is 11.3 Å². The molecule has 2 unspecified atom stereocenters. The fourth-order valence-electron chi connectivity index (χ4n) is 3.72. The van der Waals surface area contributed by atoms with E-state index in [0.29, 0.717) is 24.6 Å². The molecule has 0 heterocycles. The van der Waals surface area contributed by atoms with Crippen molar-refractivity contribution in [2.75, 3.05) is 6.61 Å². The lowest BCUT2D eigenvalue weighted by atomic mass is 9.71. The van der Waals surface area contributed by atoms with Gasteiger partial charge in [-0.05, 0) is 56.8 Å². The first kappa shape index (κ1) is 13.4. The zero-order valence-corrected chi connectivity index (χ0v) is 11.5. The summed E-state index contributed by atoms with van der Waals surface area (Å²) in [5.41, 5.74) is 0.740. The van der Waals surface area contributed by atoms with Gasteiger partial charge in [0, 0.05) is 18.7 Å². The number of hydrogen-bond donors (Lipinski definition) is 2. The van der Waals surface area contributed by atoms with Gasteiger partial charge in [0.25, 0.3) is 0 Å². The highest BCUT2D eigenvalue weighted by Gasteiger charge is 2.37. The molecule has 0 saturated heterocycles. The molecule has 0 aromatic rings. The van der Waals surface area contributed by atoms with Gasteiger partial charge in [-0.2, -0.15) is 0 Å². The lowest BCUT2D eigenvalue weighted by Gasteiger charge is -2.39. The molecule has 2 aliphatic rings. The van der Waals surface area contributed by atoms with Crippen LogP contribution >= 0.6 is 0 Å². The van der Waals surface area contributed by atoms with Gasteiger partial charge in [0.05, 0.1) is 0 Å². The van der Waals surface area contributed by atoms with E-state index >= 15 is 0 Å². The first-order chi connectivity index (χ1) is 8.15. The molecule has 0 aromatic heterocycles. The van der Waals surface area contributed by atoms with Gasteiger partial charge >= 0.3 is 0 Å². The van der Waals surface area contributed by atoms with Crippen molar-refractivity contribution in [2.45, 2.75) is 77.3 Å². The third kappa shape index (κ3) is 3.23. The summed E-state index contributed by atoms with van der Waals surface area (Å²) in [5.74, 6) is 0.373. The molecule has 0 radical (unpaired) electrons. The van der Waals surface area contributed by atoms with Crippen molar-refractivity contribution in [1.29, 1.82) is 0 Å². The van der Waals surface area contributed by atoms with Gasteiger partial charge < -0.3 is 10.4 Å². The maximum absolute atomic E-state index is 9.16. The van der Waals surface area contributed by atoms with Gasteiger partial charge in [0.1, 0.15) is 0 Å². The molecule has 0 amide bonds. The number of aliphatic hydroxyl groups excluding tert-OH is 1. The Hall–Kier alpha value is -0.0800. The molecule has 0 aromatic carbocycles. The number of rotatable bonds is 4. The Morgan fingerprint density at radius 2 is 1.71 bits per heavy atom. The van der Waals surface area contributed by atoms with Crippen LogP contribution in [0.2, 0.25) is 0 Å². The Morgan fingerprint density at radius 1 is 1.12 bits per heavy atom. The van der Waals surface area contributed by atoms with E-state index < -0.39 is 0 Å². The first-order valence-corrected chi connectivity index (χ1v) is 7.52. The van der Waals surface area contributed by atoms with E-state index in [1.807, 2.05) is 0 Å². The SMILES string of the molecule is CC(CO)C(C)NC1CCC2(CCCC2)CC1. The minimum atomic E-state index is 0.296. The molecule has 2 saturated carbocycles. The summed E-state index contributed by atoms with van der Waals surface area (Å²) in [4.78, 5) is 0. The van der Waals surface area contributed by atoms with E-state index in [-0.39, 0.29) is 0 Å². The Labute approximate surface area is 106 Å². The second kappa shape index (κ2) is 5.71. The maximum Gasteiger partial charge on any atom is 0.0471 e. The first-order valence-electron chi connectivity index (χ1n) is 7.52. The molecule has 2 rings (SSSR count). The predicted octanol–water partition coefficient (Wildman–Crippen LogP) is 3.10.